The van der Waals surface area contributed by atoms with Gasteiger partial charge in [0, 0.05) is 16.6 Å². The molecule has 4 rings (SSSR count). The number of halogens is 3. The van der Waals surface area contributed by atoms with Gasteiger partial charge in [-0.2, -0.15) is 0 Å². The fraction of sp³-hybridized carbons (Fsp3) is 0.120. The molecule has 0 radical (unpaired) electrons. The summed E-state index contributed by atoms with van der Waals surface area (Å²) in [6.45, 7) is 0.229. The molecule has 190 valence electrons. The van der Waals surface area contributed by atoms with Crippen molar-refractivity contribution >= 4 is 73.8 Å². The molecule has 12 heteroatoms. The second kappa shape index (κ2) is 11.6. The zero-order valence-corrected chi connectivity index (χ0v) is 23.0. The van der Waals surface area contributed by atoms with Gasteiger partial charge in [0.25, 0.3) is 16.8 Å². The number of carbonyl (C=O) groups excluding carboxylic acids is 2. The van der Waals surface area contributed by atoms with Crippen molar-refractivity contribution in [2.24, 2.45) is 0 Å². The minimum atomic E-state index is -0.467. The topological polar surface area (TPSA) is 99.0 Å². The first-order valence-electron chi connectivity index (χ1n) is 10.6. The molecular formula is C25H17BrCl2N2O6S. The highest BCUT2D eigenvalue weighted by atomic mass is 79.9. The molecule has 8 nitrogen and oxygen atoms in total. The van der Waals surface area contributed by atoms with Crippen LogP contribution in [-0.2, 0) is 17.9 Å². The van der Waals surface area contributed by atoms with Crippen molar-refractivity contribution in [3.8, 4) is 11.5 Å². The monoisotopic (exact) mass is 622 g/mol. The Labute approximate surface area is 234 Å². The number of ether oxygens (including phenoxy) is 2. The van der Waals surface area contributed by atoms with Crippen molar-refractivity contribution in [2.75, 3.05) is 7.11 Å². The molecule has 0 N–H and O–H groups in total. The van der Waals surface area contributed by atoms with Crippen LogP contribution in [0.4, 0.5) is 10.5 Å². The van der Waals surface area contributed by atoms with E-state index in [-0.39, 0.29) is 23.7 Å². The smallest absolute Gasteiger partial charge is 0.293 e. The lowest BCUT2D eigenvalue weighted by atomic mass is 10.1. The zero-order valence-electron chi connectivity index (χ0n) is 19.1. The summed E-state index contributed by atoms with van der Waals surface area (Å²) in [7, 11) is 1.48. The van der Waals surface area contributed by atoms with Crippen molar-refractivity contribution in [3.63, 3.8) is 0 Å². The lowest BCUT2D eigenvalue weighted by molar-refractivity contribution is -0.384. The van der Waals surface area contributed by atoms with E-state index in [0.29, 0.717) is 37.1 Å². The van der Waals surface area contributed by atoms with Gasteiger partial charge in [0.15, 0.2) is 11.5 Å². The van der Waals surface area contributed by atoms with Crippen LogP contribution >= 0.6 is 50.9 Å². The number of hydrogen-bond donors (Lipinski definition) is 0. The second-order valence-electron chi connectivity index (χ2n) is 7.75. The highest BCUT2D eigenvalue weighted by molar-refractivity contribution is 9.10. The van der Waals surface area contributed by atoms with E-state index in [1.807, 2.05) is 0 Å². The van der Waals surface area contributed by atoms with Crippen LogP contribution in [0, 0.1) is 10.1 Å². The van der Waals surface area contributed by atoms with E-state index >= 15 is 0 Å². The number of nitro benzene ring substituents is 1. The highest BCUT2D eigenvalue weighted by Gasteiger charge is 2.35. The third-order valence-corrected chi connectivity index (χ3v) is 7.64. The molecule has 1 heterocycles. The molecule has 0 atom stereocenters. The molecule has 0 aromatic heterocycles. The summed E-state index contributed by atoms with van der Waals surface area (Å²) in [4.78, 5) is 37.3. The van der Waals surface area contributed by atoms with Gasteiger partial charge in [-0.1, -0.05) is 45.2 Å². The van der Waals surface area contributed by atoms with Gasteiger partial charge in [0.05, 0.1) is 33.5 Å². The second-order valence-corrected chi connectivity index (χ2v) is 10.4. The van der Waals surface area contributed by atoms with E-state index in [2.05, 4.69) is 15.9 Å². The number of methoxy groups -OCH3 is 1. The fourth-order valence-electron chi connectivity index (χ4n) is 3.41. The molecule has 0 spiro atoms. The Hall–Kier alpha value is -3.05. The maximum absolute atomic E-state index is 13.0. The van der Waals surface area contributed by atoms with Crippen molar-refractivity contribution in [2.45, 2.75) is 13.2 Å². The number of rotatable bonds is 8. The van der Waals surface area contributed by atoms with Gasteiger partial charge in [0.1, 0.15) is 6.61 Å². The number of amides is 2. The number of carbonyl (C=O) groups is 2. The molecule has 0 saturated carbocycles. The first-order valence-corrected chi connectivity index (χ1v) is 13.0. The largest absolute Gasteiger partial charge is 0.493 e. The van der Waals surface area contributed by atoms with Crippen LogP contribution in [0.1, 0.15) is 16.7 Å². The van der Waals surface area contributed by atoms with Crippen LogP contribution in [-0.4, -0.2) is 28.1 Å². The van der Waals surface area contributed by atoms with Gasteiger partial charge in [0.2, 0.25) is 0 Å². The van der Waals surface area contributed by atoms with Gasteiger partial charge < -0.3 is 9.47 Å². The minimum absolute atomic E-state index is 0.00481. The summed E-state index contributed by atoms with van der Waals surface area (Å²) in [6, 6.07) is 14.4. The van der Waals surface area contributed by atoms with E-state index in [1.165, 1.54) is 19.2 Å². The van der Waals surface area contributed by atoms with E-state index in [1.54, 1.807) is 48.5 Å². The van der Waals surface area contributed by atoms with E-state index < -0.39 is 16.1 Å². The normalized spacial score (nSPS) is 14.4. The number of nitro groups is 1. The molecule has 3 aromatic carbocycles. The minimum Gasteiger partial charge on any atom is -0.493 e. The van der Waals surface area contributed by atoms with Gasteiger partial charge in [-0.25, -0.2) is 0 Å². The third-order valence-electron chi connectivity index (χ3n) is 5.31. The number of non-ortho nitro benzene ring substituents is 1. The van der Waals surface area contributed by atoms with Crippen LogP contribution < -0.4 is 9.47 Å². The molecule has 0 unspecified atom stereocenters. The Kier molecular flexibility index (Phi) is 8.43. The van der Waals surface area contributed by atoms with Crippen molar-refractivity contribution in [1.29, 1.82) is 0 Å². The van der Waals surface area contributed by atoms with Crippen molar-refractivity contribution < 1.29 is 24.0 Å². The first kappa shape index (κ1) is 27.0. The molecule has 0 aliphatic carbocycles. The maximum atomic E-state index is 13.0. The van der Waals surface area contributed by atoms with E-state index in [0.717, 1.165) is 22.2 Å². The molecule has 2 amide bonds. The molecule has 1 fully saturated rings. The van der Waals surface area contributed by atoms with Crippen LogP contribution in [0.3, 0.4) is 0 Å². The number of imide groups is 1. The number of benzene rings is 3. The SMILES string of the molecule is COc1cc(/C=C2/SC(=O)N(Cc3ccc(Cl)c(Cl)c3)C2=O)c(Br)cc1OCc1ccc([N+](=O)[O-])cc1. The number of hydrogen-bond acceptors (Lipinski definition) is 7. The third kappa shape index (κ3) is 6.27. The predicted molar refractivity (Wildman–Crippen MR) is 146 cm³/mol. The average Bonchev–Trinajstić information content (AvgIpc) is 3.13. The van der Waals surface area contributed by atoms with Gasteiger partial charge in [-0.15, -0.1) is 0 Å². The summed E-state index contributed by atoms with van der Waals surface area (Å²) in [5.41, 5.74) is 2.02. The van der Waals surface area contributed by atoms with Gasteiger partial charge >= 0.3 is 0 Å². The zero-order chi connectivity index (χ0) is 26.7. The molecule has 1 aliphatic rings. The molecule has 0 bridgehead atoms. The summed E-state index contributed by atoms with van der Waals surface area (Å²) in [5.74, 6) is 0.412. The van der Waals surface area contributed by atoms with Crippen LogP contribution in [0.5, 0.6) is 11.5 Å². The summed E-state index contributed by atoms with van der Waals surface area (Å²) in [6.07, 6.45) is 1.60. The van der Waals surface area contributed by atoms with Crippen LogP contribution in [0.15, 0.2) is 64.0 Å². The lowest BCUT2D eigenvalue weighted by Gasteiger charge is -2.14. The Morgan fingerprint density at radius 3 is 2.38 bits per heavy atom. The highest BCUT2D eigenvalue weighted by Crippen LogP contribution is 2.39. The number of nitrogens with zero attached hydrogens (tertiary/aromatic N) is 2. The summed E-state index contributed by atoms with van der Waals surface area (Å²) < 4.78 is 11.9. The maximum Gasteiger partial charge on any atom is 0.293 e. The van der Waals surface area contributed by atoms with Crippen LogP contribution in [0.25, 0.3) is 6.08 Å². The Balaban J connectivity index is 1.51. The number of thioether (sulfide) groups is 1. The lowest BCUT2D eigenvalue weighted by Crippen LogP contribution is -2.27. The Bertz CT molecular complexity index is 1430. The summed E-state index contributed by atoms with van der Waals surface area (Å²) in [5, 5.41) is 11.2. The first-order chi connectivity index (χ1) is 17.7. The fourth-order valence-corrected chi connectivity index (χ4v) is 4.99. The molecule has 1 saturated heterocycles. The van der Waals surface area contributed by atoms with Crippen molar-refractivity contribution in [1.82, 2.24) is 4.90 Å². The summed E-state index contributed by atoms with van der Waals surface area (Å²) >= 11 is 16.3. The molecule has 3 aromatic rings. The van der Waals surface area contributed by atoms with Gasteiger partial charge in [-0.3, -0.25) is 24.6 Å². The van der Waals surface area contributed by atoms with Crippen LogP contribution in [0.2, 0.25) is 10.0 Å². The van der Waals surface area contributed by atoms with E-state index in [9.17, 15) is 19.7 Å². The standard InChI is InChI=1S/C25H17BrCl2N2O6S/c1-35-21-9-16(18(26)11-22(21)36-13-14-2-5-17(6-3-14)30(33)34)10-23-24(31)29(25(32)37-23)12-15-4-7-19(27)20(28)8-15/h2-11H,12-13H2,1H3/b23-10+. The predicted octanol–water partition coefficient (Wildman–Crippen LogP) is 7.49. The molecular weight excluding hydrogens is 607 g/mol. The Morgan fingerprint density at radius 2 is 1.73 bits per heavy atom. The van der Waals surface area contributed by atoms with Gasteiger partial charge in [-0.05, 0) is 70.9 Å². The molecule has 1 aliphatic heterocycles. The Morgan fingerprint density at radius 1 is 1.03 bits per heavy atom. The quantitative estimate of drug-likeness (QED) is 0.146. The average molecular weight is 624 g/mol. The molecule has 37 heavy (non-hydrogen) atoms. The van der Waals surface area contributed by atoms with E-state index in [4.69, 9.17) is 32.7 Å². The van der Waals surface area contributed by atoms with Crippen molar-refractivity contribution in [3.05, 3.63) is 101 Å².